The highest BCUT2D eigenvalue weighted by Gasteiger charge is 2.48. The van der Waals surface area contributed by atoms with Crippen LogP contribution in [-0.2, 0) is 12.0 Å². The summed E-state index contributed by atoms with van der Waals surface area (Å²) in [5.74, 6) is 0.414. The van der Waals surface area contributed by atoms with Gasteiger partial charge < -0.3 is 10.2 Å². The van der Waals surface area contributed by atoms with Crippen LogP contribution in [0.1, 0.15) is 24.0 Å². The molecule has 0 atom stereocenters. The SMILES string of the molecule is CN1Cc2cc(Nc3ncc4c(=O)n(-c5ccccc5Cl)nc(-c5ccccc5)c4n3)ccc2C2(CC2)C1. The summed E-state index contributed by atoms with van der Waals surface area (Å²) in [6.07, 6.45) is 4.08. The van der Waals surface area contributed by atoms with Crippen molar-refractivity contribution in [3.63, 3.8) is 0 Å². The van der Waals surface area contributed by atoms with Gasteiger partial charge in [-0.15, -0.1) is 0 Å². The summed E-state index contributed by atoms with van der Waals surface area (Å²) >= 11 is 6.43. The van der Waals surface area contributed by atoms with Gasteiger partial charge in [0.2, 0.25) is 5.95 Å². The highest BCUT2D eigenvalue weighted by atomic mass is 35.5. The molecule has 1 saturated carbocycles. The van der Waals surface area contributed by atoms with E-state index in [2.05, 4.69) is 40.4 Å². The van der Waals surface area contributed by atoms with E-state index in [1.165, 1.54) is 28.7 Å². The van der Waals surface area contributed by atoms with E-state index in [1.807, 2.05) is 42.5 Å². The van der Waals surface area contributed by atoms with Crippen molar-refractivity contribution in [3.8, 4) is 16.9 Å². The fourth-order valence-electron chi connectivity index (χ4n) is 5.64. The molecule has 2 aromatic heterocycles. The Morgan fingerprint density at radius 1 is 1.00 bits per heavy atom. The van der Waals surface area contributed by atoms with Crippen LogP contribution in [0.3, 0.4) is 0 Å². The molecule has 0 saturated heterocycles. The number of halogens is 1. The van der Waals surface area contributed by atoms with Crippen LogP contribution in [0.5, 0.6) is 0 Å². The van der Waals surface area contributed by atoms with Crippen molar-refractivity contribution in [2.24, 2.45) is 0 Å². The summed E-state index contributed by atoms with van der Waals surface area (Å²) in [6, 6.07) is 23.4. The van der Waals surface area contributed by atoms with E-state index in [4.69, 9.17) is 21.7 Å². The molecule has 0 bridgehead atoms. The molecule has 38 heavy (non-hydrogen) atoms. The molecule has 1 fully saturated rings. The predicted molar refractivity (Wildman–Crippen MR) is 150 cm³/mol. The summed E-state index contributed by atoms with van der Waals surface area (Å²) < 4.78 is 1.33. The van der Waals surface area contributed by atoms with Crippen LogP contribution in [-0.4, -0.2) is 38.2 Å². The molecule has 1 aliphatic heterocycles. The van der Waals surface area contributed by atoms with Crippen LogP contribution in [0.25, 0.3) is 27.8 Å². The molecule has 1 N–H and O–H groups in total. The largest absolute Gasteiger partial charge is 0.324 e. The van der Waals surface area contributed by atoms with Crippen molar-refractivity contribution >= 4 is 34.1 Å². The molecular formula is C30H25ClN6O. The van der Waals surface area contributed by atoms with Crippen molar-refractivity contribution < 1.29 is 0 Å². The van der Waals surface area contributed by atoms with Crippen LogP contribution in [0.2, 0.25) is 5.02 Å². The molecule has 0 amide bonds. The number of hydrogen-bond donors (Lipinski definition) is 1. The number of nitrogens with one attached hydrogen (secondary N) is 1. The second kappa shape index (κ2) is 8.75. The number of para-hydroxylation sites is 1. The molecular weight excluding hydrogens is 496 g/mol. The number of rotatable bonds is 4. The lowest BCUT2D eigenvalue weighted by molar-refractivity contribution is 0.271. The minimum Gasteiger partial charge on any atom is -0.324 e. The van der Waals surface area contributed by atoms with Crippen molar-refractivity contribution in [2.75, 3.05) is 18.9 Å². The summed E-state index contributed by atoms with van der Waals surface area (Å²) in [6.45, 7) is 2.05. The Bertz CT molecular complexity index is 1760. The quantitative estimate of drug-likeness (QED) is 0.327. The number of benzene rings is 3. The number of anilines is 2. The van der Waals surface area contributed by atoms with Crippen LogP contribution in [0, 0.1) is 0 Å². The maximum atomic E-state index is 13.5. The normalized spacial score (nSPS) is 15.9. The van der Waals surface area contributed by atoms with Gasteiger partial charge in [-0.1, -0.05) is 60.1 Å². The van der Waals surface area contributed by atoms with Crippen LogP contribution in [0.15, 0.2) is 83.8 Å². The number of nitrogens with zero attached hydrogens (tertiary/aromatic N) is 5. The van der Waals surface area contributed by atoms with Crippen molar-refractivity contribution in [3.05, 3.63) is 105 Å². The zero-order valence-corrected chi connectivity index (χ0v) is 21.6. The van der Waals surface area contributed by atoms with Gasteiger partial charge in [0.15, 0.2) is 0 Å². The standard InChI is InChI=1S/C30H25ClN6O/c1-36-17-20-15-21(11-12-23(20)30(18-36)13-14-30)33-29-32-16-22-27(34-29)26(19-7-3-2-4-8-19)35-37(28(22)38)25-10-6-5-9-24(25)31/h2-12,15-16H,13-14,17-18H2,1H3,(H,32,33,34). The van der Waals surface area contributed by atoms with E-state index < -0.39 is 0 Å². The second-order valence-electron chi connectivity index (χ2n) is 10.3. The Labute approximate surface area is 224 Å². The van der Waals surface area contributed by atoms with Crippen LogP contribution >= 0.6 is 11.6 Å². The van der Waals surface area contributed by atoms with E-state index in [0.717, 1.165) is 24.3 Å². The van der Waals surface area contributed by atoms with Gasteiger partial charge in [-0.25, -0.2) is 9.97 Å². The monoisotopic (exact) mass is 520 g/mol. The molecule has 0 unspecified atom stereocenters. The van der Waals surface area contributed by atoms with Gasteiger partial charge >= 0.3 is 0 Å². The van der Waals surface area contributed by atoms with Gasteiger partial charge in [0.1, 0.15) is 11.2 Å². The van der Waals surface area contributed by atoms with Gasteiger partial charge in [-0.05, 0) is 55.3 Å². The average molecular weight is 521 g/mol. The molecule has 7 nitrogen and oxygen atoms in total. The molecule has 1 aliphatic carbocycles. The average Bonchev–Trinajstić information content (AvgIpc) is 3.69. The van der Waals surface area contributed by atoms with Crippen molar-refractivity contribution in [1.82, 2.24) is 24.6 Å². The summed E-state index contributed by atoms with van der Waals surface area (Å²) in [4.78, 5) is 25.2. The van der Waals surface area contributed by atoms with E-state index in [0.29, 0.717) is 38.7 Å². The van der Waals surface area contributed by atoms with Gasteiger partial charge in [0.25, 0.3) is 5.56 Å². The molecule has 2 aliphatic rings. The third-order valence-electron chi connectivity index (χ3n) is 7.56. The first kappa shape index (κ1) is 23.1. The van der Waals surface area contributed by atoms with E-state index >= 15 is 0 Å². The third kappa shape index (κ3) is 3.86. The Morgan fingerprint density at radius 2 is 1.79 bits per heavy atom. The van der Waals surface area contributed by atoms with Gasteiger partial charge in [0.05, 0.1) is 16.1 Å². The van der Waals surface area contributed by atoms with E-state index in [1.54, 1.807) is 18.3 Å². The maximum Gasteiger partial charge on any atom is 0.282 e. The lowest BCUT2D eigenvalue weighted by Crippen LogP contribution is -2.35. The molecule has 5 aromatic rings. The minimum absolute atomic E-state index is 0.328. The number of aromatic nitrogens is 4. The van der Waals surface area contributed by atoms with E-state index in [9.17, 15) is 4.79 Å². The molecule has 3 aromatic carbocycles. The lowest BCUT2D eigenvalue weighted by atomic mass is 9.87. The number of fused-ring (bicyclic) bond motifs is 3. The zero-order valence-electron chi connectivity index (χ0n) is 20.9. The molecule has 188 valence electrons. The number of likely N-dealkylation sites (N-methyl/N-ethyl adjacent to an activating group) is 1. The second-order valence-corrected chi connectivity index (χ2v) is 10.7. The third-order valence-corrected chi connectivity index (χ3v) is 7.88. The first-order valence-corrected chi connectivity index (χ1v) is 13.1. The van der Waals surface area contributed by atoms with Gasteiger partial charge in [-0.2, -0.15) is 9.78 Å². The predicted octanol–water partition coefficient (Wildman–Crippen LogP) is 5.72. The molecule has 1 spiro atoms. The smallest absolute Gasteiger partial charge is 0.282 e. The van der Waals surface area contributed by atoms with Gasteiger partial charge in [-0.3, -0.25) is 4.79 Å². The highest BCUT2D eigenvalue weighted by Crippen LogP contribution is 2.52. The van der Waals surface area contributed by atoms with Crippen molar-refractivity contribution in [1.29, 1.82) is 0 Å². The molecule has 0 radical (unpaired) electrons. The Balaban J connectivity index is 1.34. The topological polar surface area (TPSA) is 75.9 Å². The van der Waals surface area contributed by atoms with Crippen molar-refractivity contribution in [2.45, 2.75) is 24.8 Å². The Hall–Kier alpha value is -4.07. The van der Waals surface area contributed by atoms with Gasteiger partial charge in [0, 0.05) is 36.0 Å². The first-order chi connectivity index (χ1) is 18.5. The number of hydrogen-bond acceptors (Lipinski definition) is 6. The molecule has 8 heteroatoms. The summed E-state index contributed by atoms with van der Waals surface area (Å²) in [5, 5.41) is 8.90. The fourth-order valence-corrected chi connectivity index (χ4v) is 5.85. The van der Waals surface area contributed by atoms with E-state index in [-0.39, 0.29) is 5.56 Å². The zero-order chi connectivity index (χ0) is 25.9. The lowest BCUT2D eigenvalue weighted by Gasteiger charge is -2.32. The summed E-state index contributed by atoms with van der Waals surface area (Å²) in [7, 11) is 2.18. The first-order valence-electron chi connectivity index (χ1n) is 12.7. The highest BCUT2D eigenvalue weighted by molar-refractivity contribution is 6.32. The Morgan fingerprint density at radius 3 is 2.58 bits per heavy atom. The van der Waals surface area contributed by atoms with Crippen LogP contribution < -0.4 is 10.9 Å². The maximum absolute atomic E-state index is 13.5. The fraction of sp³-hybridized carbons (Fsp3) is 0.200. The van der Waals surface area contributed by atoms with Crippen LogP contribution in [0.4, 0.5) is 11.6 Å². The molecule has 7 rings (SSSR count). The summed E-state index contributed by atoms with van der Waals surface area (Å²) in [5.41, 5.74) is 6.15. The Kier molecular flexibility index (Phi) is 5.32. The minimum atomic E-state index is -0.328. The molecule has 3 heterocycles.